The largest absolute Gasteiger partial charge is 0.497 e. The van der Waals surface area contributed by atoms with E-state index in [0.717, 1.165) is 24.2 Å². The first-order valence-corrected chi connectivity index (χ1v) is 9.65. The molecule has 1 aliphatic carbocycles. The van der Waals surface area contributed by atoms with Crippen LogP contribution in [0.15, 0.2) is 47.6 Å². The Balaban J connectivity index is 1.78. The summed E-state index contributed by atoms with van der Waals surface area (Å²) in [7, 11) is 1.62. The number of ether oxygens (including phenoxy) is 2. The van der Waals surface area contributed by atoms with Crippen molar-refractivity contribution in [1.82, 2.24) is 10.5 Å². The van der Waals surface area contributed by atoms with Crippen molar-refractivity contribution in [1.29, 1.82) is 0 Å². The molecule has 2 N–H and O–H groups in total. The fraction of sp³-hybridized carbons (Fsp3) is 0.455. The van der Waals surface area contributed by atoms with Gasteiger partial charge in [0.2, 0.25) is 5.88 Å². The monoisotopic (exact) mass is 383 g/mol. The van der Waals surface area contributed by atoms with E-state index in [0.29, 0.717) is 23.4 Å². The van der Waals surface area contributed by atoms with Gasteiger partial charge in [0.05, 0.1) is 13.2 Å². The van der Waals surface area contributed by atoms with Crippen molar-refractivity contribution in [3.8, 4) is 17.4 Å². The molecular weight excluding hydrogens is 354 g/mol. The Morgan fingerprint density at radius 2 is 1.89 bits per heavy atom. The molecule has 1 aliphatic rings. The van der Waals surface area contributed by atoms with Gasteiger partial charge in [-0.25, -0.2) is 4.98 Å². The van der Waals surface area contributed by atoms with E-state index in [9.17, 15) is 5.21 Å². The van der Waals surface area contributed by atoms with Crippen molar-refractivity contribution >= 4 is 5.84 Å². The number of pyridine rings is 1. The molecule has 2 aromatic rings. The number of amidine groups is 1. The molecule has 28 heavy (non-hydrogen) atoms. The molecule has 0 aliphatic heterocycles. The third kappa shape index (κ3) is 5.23. The SMILES string of the molecule is COc1ccc(Oc2cc(C(=NC3CC(C)CC(C)(C)C3)NO)ccn2)cc1. The minimum atomic E-state index is 0.174. The quantitative estimate of drug-likeness (QED) is 0.440. The van der Waals surface area contributed by atoms with E-state index < -0.39 is 0 Å². The molecule has 2 atom stereocenters. The zero-order chi connectivity index (χ0) is 20.1. The highest BCUT2D eigenvalue weighted by molar-refractivity contribution is 5.98. The number of aromatic nitrogens is 1. The van der Waals surface area contributed by atoms with E-state index in [-0.39, 0.29) is 11.5 Å². The van der Waals surface area contributed by atoms with Crippen LogP contribution in [0.4, 0.5) is 0 Å². The lowest BCUT2D eigenvalue weighted by Gasteiger charge is -2.37. The Labute approximate surface area is 166 Å². The lowest BCUT2D eigenvalue weighted by Crippen LogP contribution is -2.32. The number of benzene rings is 1. The van der Waals surface area contributed by atoms with Crippen LogP contribution in [0.25, 0.3) is 0 Å². The maximum Gasteiger partial charge on any atom is 0.219 e. The highest BCUT2D eigenvalue weighted by atomic mass is 16.5. The maximum absolute atomic E-state index is 9.69. The second kappa shape index (κ2) is 8.61. The van der Waals surface area contributed by atoms with E-state index >= 15 is 0 Å². The van der Waals surface area contributed by atoms with Gasteiger partial charge in [-0.05, 0) is 60.9 Å². The molecular formula is C22H29N3O3. The van der Waals surface area contributed by atoms with Crippen LogP contribution in [0.3, 0.4) is 0 Å². The van der Waals surface area contributed by atoms with Gasteiger partial charge in [0, 0.05) is 17.8 Å². The van der Waals surface area contributed by atoms with Crippen LogP contribution in [0, 0.1) is 11.3 Å². The summed E-state index contributed by atoms with van der Waals surface area (Å²) in [5, 5.41) is 9.69. The van der Waals surface area contributed by atoms with Gasteiger partial charge < -0.3 is 9.47 Å². The van der Waals surface area contributed by atoms with E-state index in [1.807, 2.05) is 24.3 Å². The van der Waals surface area contributed by atoms with E-state index in [2.05, 4.69) is 31.2 Å². The molecule has 0 amide bonds. The van der Waals surface area contributed by atoms with Crippen molar-refractivity contribution in [2.24, 2.45) is 16.3 Å². The minimum Gasteiger partial charge on any atom is -0.497 e. The van der Waals surface area contributed by atoms with E-state index in [4.69, 9.17) is 14.5 Å². The molecule has 6 nitrogen and oxygen atoms in total. The second-order valence-corrected chi connectivity index (χ2v) is 8.32. The van der Waals surface area contributed by atoms with Crippen molar-refractivity contribution in [3.63, 3.8) is 0 Å². The number of hydrogen-bond acceptors (Lipinski definition) is 5. The summed E-state index contributed by atoms with van der Waals surface area (Å²) in [6, 6.07) is 11.0. The molecule has 0 bridgehead atoms. The Hall–Kier alpha value is -2.60. The molecule has 3 rings (SSSR count). The average Bonchev–Trinajstić information content (AvgIpc) is 2.65. The molecule has 1 saturated carbocycles. The first-order chi connectivity index (χ1) is 13.4. The number of nitrogens with zero attached hydrogens (tertiary/aromatic N) is 2. The lowest BCUT2D eigenvalue weighted by molar-refractivity contribution is 0.169. The van der Waals surface area contributed by atoms with Crippen LogP contribution < -0.4 is 15.0 Å². The van der Waals surface area contributed by atoms with Gasteiger partial charge in [-0.15, -0.1) is 0 Å². The van der Waals surface area contributed by atoms with E-state index in [1.165, 1.54) is 6.42 Å². The number of aliphatic imine (C=N–C) groups is 1. The molecule has 150 valence electrons. The van der Waals surface area contributed by atoms with Crippen LogP contribution >= 0.6 is 0 Å². The smallest absolute Gasteiger partial charge is 0.219 e. The predicted octanol–water partition coefficient (Wildman–Crippen LogP) is 4.82. The van der Waals surface area contributed by atoms with Gasteiger partial charge in [0.25, 0.3) is 0 Å². The molecule has 1 heterocycles. The third-order valence-corrected chi connectivity index (χ3v) is 5.07. The van der Waals surface area contributed by atoms with Crippen LogP contribution in [-0.4, -0.2) is 29.2 Å². The zero-order valence-electron chi connectivity index (χ0n) is 17.0. The summed E-state index contributed by atoms with van der Waals surface area (Å²) in [4.78, 5) is 9.05. The number of nitrogens with one attached hydrogen (secondary N) is 1. The number of methoxy groups -OCH3 is 1. The summed E-state index contributed by atoms with van der Waals surface area (Å²) in [6.45, 7) is 6.83. The first kappa shape index (κ1) is 20.1. The Bertz CT molecular complexity index is 818. The van der Waals surface area contributed by atoms with Gasteiger partial charge in [-0.1, -0.05) is 20.8 Å². The third-order valence-electron chi connectivity index (χ3n) is 5.07. The molecule has 1 aromatic heterocycles. The van der Waals surface area contributed by atoms with Crippen LogP contribution in [0.1, 0.15) is 45.6 Å². The summed E-state index contributed by atoms with van der Waals surface area (Å²) < 4.78 is 11.0. The van der Waals surface area contributed by atoms with Crippen molar-refractivity contribution < 1.29 is 14.7 Å². The summed E-state index contributed by atoms with van der Waals surface area (Å²) in [5.41, 5.74) is 3.25. The van der Waals surface area contributed by atoms with Gasteiger partial charge in [-0.2, -0.15) is 0 Å². The fourth-order valence-corrected chi connectivity index (χ4v) is 4.12. The average molecular weight is 383 g/mol. The molecule has 0 radical (unpaired) electrons. The number of hydrogen-bond donors (Lipinski definition) is 2. The van der Waals surface area contributed by atoms with Gasteiger partial charge in [0.1, 0.15) is 11.5 Å². The van der Waals surface area contributed by atoms with Gasteiger partial charge in [0.15, 0.2) is 5.84 Å². The Kier molecular flexibility index (Phi) is 6.19. The second-order valence-electron chi connectivity index (χ2n) is 8.32. The zero-order valence-corrected chi connectivity index (χ0v) is 17.0. The van der Waals surface area contributed by atoms with E-state index in [1.54, 1.807) is 25.4 Å². The number of hydroxylamine groups is 1. The number of rotatable bonds is 5. The first-order valence-electron chi connectivity index (χ1n) is 9.65. The van der Waals surface area contributed by atoms with Gasteiger partial charge in [-0.3, -0.25) is 15.7 Å². The van der Waals surface area contributed by atoms with Crippen molar-refractivity contribution in [3.05, 3.63) is 48.2 Å². The Morgan fingerprint density at radius 1 is 1.18 bits per heavy atom. The minimum absolute atomic E-state index is 0.174. The van der Waals surface area contributed by atoms with Crippen LogP contribution in [0.5, 0.6) is 17.4 Å². The molecule has 0 spiro atoms. The van der Waals surface area contributed by atoms with Crippen molar-refractivity contribution in [2.75, 3.05) is 7.11 Å². The predicted molar refractivity (Wildman–Crippen MR) is 109 cm³/mol. The highest BCUT2D eigenvalue weighted by Gasteiger charge is 2.32. The summed E-state index contributed by atoms with van der Waals surface area (Å²) >= 11 is 0. The Morgan fingerprint density at radius 3 is 2.54 bits per heavy atom. The topological polar surface area (TPSA) is 76.0 Å². The molecule has 1 aromatic carbocycles. The molecule has 6 heteroatoms. The van der Waals surface area contributed by atoms with Gasteiger partial charge >= 0.3 is 0 Å². The highest BCUT2D eigenvalue weighted by Crippen LogP contribution is 2.39. The van der Waals surface area contributed by atoms with Crippen LogP contribution in [0.2, 0.25) is 0 Å². The molecule has 1 fully saturated rings. The normalized spacial score (nSPS) is 21.8. The summed E-state index contributed by atoms with van der Waals surface area (Å²) in [6.07, 6.45) is 4.88. The molecule has 0 saturated heterocycles. The molecule has 2 unspecified atom stereocenters. The van der Waals surface area contributed by atoms with Crippen molar-refractivity contribution in [2.45, 2.75) is 46.1 Å². The fourth-order valence-electron chi connectivity index (χ4n) is 4.12. The van der Waals surface area contributed by atoms with Crippen LogP contribution in [-0.2, 0) is 0 Å². The lowest BCUT2D eigenvalue weighted by atomic mass is 9.71. The maximum atomic E-state index is 9.69. The summed E-state index contributed by atoms with van der Waals surface area (Å²) in [5.74, 6) is 2.91. The standard InChI is InChI=1S/C22H29N3O3/c1-15-11-17(14-22(2,3)13-15)24-21(25-26)16-9-10-23-20(12-16)28-19-7-5-18(27-4)6-8-19/h5-10,12,15,17,26H,11,13-14H2,1-4H3,(H,24,25).